The number of carbonyl (C=O) groups is 3. The second-order valence-electron chi connectivity index (χ2n) is 7.82. The summed E-state index contributed by atoms with van der Waals surface area (Å²) in [5.41, 5.74) is 0.857. The molecule has 2 N–H and O–H groups in total. The molecule has 1 aromatic carbocycles. The molecule has 0 radical (unpaired) electrons. The topological polar surface area (TPSA) is 93.7 Å². The van der Waals surface area contributed by atoms with Gasteiger partial charge < -0.3 is 20.1 Å². The number of esters is 1. The predicted octanol–water partition coefficient (Wildman–Crippen LogP) is 3.96. The highest BCUT2D eigenvalue weighted by Gasteiger charge is 2.28. The minimum atomic E-state index is -0.795. The van der Waals surface area contributed by atoms with Crippen molar-refractivity contribution >= 4 is 18.0 Å². The number of rotatable bonds is 13. The third kappa shape index (κ3) is 10.3. The van der Waals surface area contributed by atoms with Gasteiger partial charge >= 0.3 is 12.1 Å². The lowest BCUT2D eigenvalue weighted by molar-refractivity contribution is -0.145. The van der Waals surface area contributed by atoms with Gasteiger partial charge in [-0.3, -0.25) is 4.79 Å². The molecule has 0 saturated carbocycles. The summed E-state index contributed by atoms with van der Waals surface area (Å²) in [6, 6.07) is 7.79. The molecule has 0 saturated heterocycles. The lowest BCUT2D eigenvalue weighted by atomic mass is 10.0. The van der Waals surface area contributed by atoms with Crippen molar-refractivity contribution in [2.24, 2.45) is 5.92 Å². The van der Waals surface area contributed by atoms with Crippen molar-refractivity contribution in [1.82, 2.24) is 10.6 Å². The monoisotopic (exact) mass is 420 g/mol. The van der Waals surface area contributed by atoms with Crippen molar-refractivity contribution in [3.8, 4) is 0 Å². The molecule has 0 spiro atoms. The van der Waals surface area contributed by atoms with Gasteiger partial charge in [-0.25, -0.2) is 9.59 Å². The van der Waals surface area contributed by atoms with Gasteiger partial charge in [-0.2, -0.15) is 0 Å². The lowest BCUT2D eigenvalue weighted by Gasteiger charge is -2.23. The SMILES string of the molecule is CCCCCC[C@@H](NC(=O)[C@H](CC(C)C)NC(=O)OCc1ccccc1)C(=O)OC. The Kier molecular flexibility index (Phi) is 12.2. The highest BCUT2D eigenvalue weighted by atomic mass is 16.5. The van der Waals surface area contributed by atoms with Crippen LogP contribution in [0.25, 0.3) is 0 Å². The zero-order chi connectivity index (χ0) is 22.4. The largest absolute Gasteiger partial charge is 0.467 e. The minimum absolute atomic E-state index is 0.116. The number of alkyl carbamates (subject to hydrolysis) is 1. The Balaban J connectivity index is 2.67. The van der Waals surface area contributed by atoms with Gasteiger partial charge in [-0.1, -0.05) is 76.8 Å². The Labute approximate surface area is 179 Å². The van der Waals surface area contributed by atoms with E-state index in [1.807, 2.05) is 44.2 Å². The lowest BCUT2D eigenvalue weighted by Crippen LogP contribution is -2.52. The smallest absolute Gasteiger partial charge is 0.408 e. The fourth-order valence-electron chi connectivity index (χ4n) is 3.05. The zero-order valence-corrected chi connectivity index (χ0v) is 18.6. The van der Waals surface area contributed by atoms with Gasteiger partial charge in [0.15, 0.2) is 0 Å². The van der Waals surface area contributed by atoms with Crippen molar-refractivity contribution < 1.29 is 23.9 Å². The number of amides is 2. The van der Waals surface area contributed by atoms with Crippen molar-refractivity contribution in [2.45, 2.75) is 78.0 Å². The Morgan fingerprint density at radius 1 is 0.967 bits per heavy atom. The normalized spacial score (nSPS) is 12.7. The molecule has 0 bridgehead atoms. The quantitative estimate of drug-likeness (QED) is 0.372. The maximum Gasteiger partial charge on any atom is 0.408 e. The van der Waals surface area contributed by atoms with E-state index in [-0.39, 0.29) is 12.5 Å². The van der Waals surface area contributed by atoms with Crippen LogP contribution in [0.15, 0.2) is 30.3 Å². The molecule has 0 aliphatic carbocycles. The zero-order valence-electron chi connectivity index (χ0n) is 18.6. The van der Waals surface area contributed by atoms with Gasteiger partial charge in [0, 0.05) is 0 Å². The van der Waals surface area contributed by atoms with Crippen LogP contribution in [0.5, 0.6) is 0 Å². The van der Waals surface area contributed by atoms with E-state index < -0.39 is 30.1 Å². The van der Waals surface area contributed by atoms with Crippen molar-refractivity contribution in [3.63, 3.8) is 0 Å². The van der Waals surface area contributed by atoms with E-state index in [2.05, 4.69) is 17.6 Å². The molecule has 0 aliphatic heterocycles. The number of benzene rings is 1. The molecule has 0 heterocycles. The first-order chi connectivity index (χ1) is 14.4. The Bertz CT molecular complexity index is 648. The summed E-state index contributed by atoms with van der Waals surface area (Å²) in [6.07, 6.45) is 4.22. The second kappa shape index (κ2) is 14.4. The first-order valence-corrected chi connectivity index (χ1v) is 10.7. The van der Waals surface area contributed by atoms with Crippen LogP contribution >= 0.6 is 0 Å². The van der Waals surface area contributed by atoms with Gasteiger partial charge in [0.1, 0.15) is 18.7 Å². The number of hydrogen-bond acceptors (Lipinski definition) is 5. The van der Waals surface area contributed by atoms with Crippen LogP contribution in [-0.2, 0) is 25.7 Å². The molecular weight excluding hydrogens is 384 g/mol. The second-order valence-corrected chi connectivity index (χ2v) is 7.82. The first kappa shape index (κ1) is 25.5. The Morgan fingerprint density at radius 3 is 2.27 bits per heavy atom. The van der Waals surface area contributed by atoms with Gasteiger partial charge in [-0.15, -0.1) is 0 Å². The van der Waals surface area contributed by atoms with Crippen LogP contribution in [-0.4, -0.2) is 37.2 Å². The van der Waals surface area contributed by atoms with E-state index in [1.54, 1.807) is 0 Å². The van der Waals surface area contributed by atoms with Crippen molar-refractivity contribution in [1.29, 1.82) is 0 Å². The van der Waals surface area contributed by atoms with Crippen LogP contribution in [0.4, 0.5) is 4.79 Å². The van der Waals surface area contributed by atoms with Crippen LogP contribution < -0.4 is 10.6 Å². The first-order valence-electron chi connectivity index (χ1n) is 10.7. The summed E-state index contributed by atoms with van der Waals surface area (Å²) in [4.78, 5) is 37.1. The molecular formula is C23H36N2O5. The summed E-state index contributed by atoms with van der Waals surface area (Å²) in [6.45, 7) is 6.14. The molecule has 7 heteroatoms. The number of nitrogens with one attached hydrogen (secondary N) is 2. The molecule has 0 aromatic heterocycles. The van der Waals surface area contributed by atoms with Gasteiger partial charge in [-0.05, 0) is 24.3 Å². The van der Waals surface area contributed by atoms with E-state index in [9.17, 15) is 14.4 Å². The van der Waals surface area contributed by atoms with E-state index in [4.69, 9.17) is 9.47 Å². The highest BCUT2D eigenvalue weighted by molar-refractivity contribution is 5.89. The highest BCUT2D eigenvalue weighted by Crippen LogP contribution is 2.10. The summed E-state index contributed by atoms with van der Waals surface area (Å²) < 4.78 is 10.1. The predicted molar refractivity (Wildman–Crippen MR) is 116 cm³/mol. The Hall–Kier alpha value is -2.57. The standard InChI is InChI=1S/C23H36N2O5/c1-5-6-7-11-14-19(22(27)29-4)24-21(26)20(15-17(2)3)25-23(28)30-16-18-12-9-8-10-13-18/h8-10,12-13,17,19-20H,5-7,11,14-16H2,1-4H3,(H,24,26)(H,25,28)/t19-,20+/m1/s1. The molecule has 1 rings (SSSR count). The molecule has 7 nitrogen and oxygen atoms in total. The van der Waals surface area contributed by atoms with Gasteiger partial charge in [0.25, 0.3) is 0 Å². The van der Waals surface area contributed by atoms with Gasteiger partial charge in [0.05, 0.1) is 7.11 Å². The Morgan fingerprint density at radius 2 is 1.67 bits per heavy atom. The summed E-state index contributed by atoms with van der Waals surface area (Å²) in [5, 5.41) is 5.38. The number of carbonyl (C=O) groups excluding carboxylic acids is 3. The number of hydrogen-bond donors (Lipinski definition) is 2. The molecule has 0 unspecified atom stereocenters. The number of ether oxygens (including phenoxy) is 2. The van der Waals surface area contributed by atoms with Crippen LogP contribution in [0.3, 0.4) is 0 Å². The summed E-state index contributed by atoms with van der Waals surface area (Å²) in [5.74, 6) is -0.725. The summed E-state index contributed by atoms with van der Waals surface area (Å²) >= 11 is 0. The summed E-state index contributed by atoms with van der Waals surface area (Å²) in [7, 11) is 1.30. The van der Waals surface area contributed by atoms with Crippen LogP contribution in [0, 0.1) is 5.92 Å². The third-order valence-corrected chi connectivity index (χ3v) is 4.68. The molecule has 1 aromatic rings. The molecule has 2 atom stereocenters. The number of unbranched alkanes of at least 4 members (excludes halogenated alkanes) is 3. The average molecular weight is 421 g/mol. The van der Waals surface area contributed by atoms with Gasteiger partial charge in [0.2, 0.25) is 5.91 Å². The van der Waals surface area contributed by atoms with Crippen molar-refractivity contribution in [2.75, 3.05) is 7.11 Å². The molecule has 168 valence electrons. The molecule has 2 amide bonds. The van der Waals surface area contributed by atoms with Crippen molar-refractivity contribution in [3.05, 3.63) is 35.9 Å². The van der Waals surface area contributed by atoms with E-state index in [0.717, 1.165) is 31.2 Å². The maximum absolute atomic E-state index is 12.8. The fraction of sp³-hybridized carbons (Fsp3) is 0.609. The maximum atomic E-state index is 12.8. The van der Waals surface area contributed by atoms with E-state index >= 15 is 0 Å². The third-order valence-electron chi connectivity index (χ3n) is 4.68. The molecule has 0 fully saturated rings. The van der Waals surface area contributed by atoms with Crippen LogP contribution in [0.1, 0.15) is 64.9 Å². The molecule has 30 heavy (non-hydrogen) atoms. The van der Waals surface area contributed by atoms with E-state index in [1.165, 1.54) is 7.11 Å². The minimum Gasteiger partial charge on any atom is -0.467 e. The number of methoxy groups -OCH3 is 1. The molecule has 0 aliphatic rings. The van der Waals surface area contributed by atoms with Crippen LogP contribution in [0.2, 0.25) is 0 Å². The average Bonchev–Trinajstić information content (AvgIpc) is 2.73. The fourth-order valence-corrected chi connectivity index (χ4v) is 3.05. The van der Waals surface area contributed by atoms with E-state index in [0.29, 0.717) is 12.8 Å².